The Morgan fingerprint density at radius 2 is 1.89 bits per heavy atom. The Kier molecular flexibility index (Phi) is 3.75. The van der Waals surface area contributed by atoms with Gasteiger partial charge < -0.3 is 4.74 Å². The lowest BCUT2D eigenvalue weighted by Crippen LogP contribution is -2.37. The molecule has 0 amide bonds. The molecule has 0 radical (unpaired) electrons. The van der Waals surface area contributed by atoms with Crippen molar-refractivity contribution in [2.45, 2.75) is 66.4 Å². The lowest BCUT2D eigenvalue weighted by atomic mass is 9.75. The normalized spacial score (nSPS) is 43.9. The Labute approximate surface area is 111 Å². The number of esters is 1. The number of carbonyl (C=O) groups is 1. The zero-order valence-electron chi connectivity index (χ0n) is 12.5. The Morgan fingerprint density at radius 3 is 2.39 bits per heavy atom. The third-order valence-electron chi connectivity index (χ3n) is 5.34. The zero-order chi connectivity index (χ0) is 13.5. The minimum absolute atomic E-state index is 0.0553. The van der Waals surface area contributed by atoms with E-state index >= 15 is 0 Å². The summed E-state index contributed by atoms with van der Waals surface area (Å²) in [5.74, 6) is 2.42. The first kappa shape index (κ1) is 13.9. The molecule has 2 nitrogen and oxygen atoms in total. The average molecular weight is 252 g/mol. The van der Waals surface area contributed by atoms with Gasteiger partial charge in [0.25, 0.3) is 0 Å². The summed E-state index contributed by atoms with van der Waals surface area (Å²) in [5.41, 5.74) is -0.178. The molecule has 2 saturated carbocycles. The van der Waals surface area contributed by atoms with E-state index in [-0.39, 0.29) is 17.5 Å². The molecule has 0 aromatic heterocycles. The molecule has 2 fully saturated rings. The van der Waals surface area contributed by atoms with Crippen molar-refractivity contribution in [1.82, 2.24) is 0 Å². The van der Waals surface area contributed by atoms with Crippen molar-refractivity contribution in [3.8, 4) is 0 Å². The van der Waals surface area contributed by atoms with Crippen molar-refractivity contribution in [2.24, 2.45) is 29.1 Å². The third-order valence-corrected chi connectivity index (χ3v) is 5.34. The third kappa shape index (κ3) is 2.57. The maximum absolute atomic E-state index is 12.3. The number of ether oxygens (including phenoxy) is 1. The smallest absolute Gasteiger partial charge is 0.312 e. The van der Waals surface area contributed by atoms with Crippen molar-refractivity contribution in [3.63, 3.8) is 0 Å². The van der Waals surface area contributed by atoms with Gasteiger partial charge in [-0.2, -0.15) is 0 Å². The van der Waals surface area contributed by atoms with E-state index in [2.05, 4.69) is 34.6 Å². The Morgan fingerprint density at radius 1 is 1.28 bits per heavy atom. The predicted octanol–water partition coefficient (Wildman–Crippen LogP) is 4.04. The van der Waals surface area contributed by atoms with Gasteiger partial charge in [0.15, 0.2) is 0 Å². The van der Waals surface area contributed by atoms with Crippen LogP contribution in [0.1, 0.15) is 60.3 Å². The van der Waals surface area contributed by atoms with Crippen LogP contribution in [-0.2, 0) is 9.53 Å². The fraction of sp³-hybridized carbons (Fsp3) is 0.938. The number of hydrogen-bond acceptors (Lipinski definition) is 2. The molecule has 2 rings (SSSR count). The van der Waals surface area contributed by atoms with Gasteiger partial charge in [-0.3, -0.25) is 4.79 Å². The van der Waals surface area contributed by atoms with Crippen LogP contribution in [0.15, 0.2) is 0 Å². The molecule has 5 atom stereocenters. The summed E-state index contributed by atoms with van der Waals surface area (Å²) in [4.78, 5) is 12.3. The molecule has 0 bridgehead atoms. The van der Waals surface area contributed by atoms with Crippen molar-refractivity contribution < 1.29 is 9.53 Å². The molecule has 0 saturated heterocycles. The molecule has 18 heavy (non-hydrogen) atoms. The lowest BCUT2D eigenvalue weighted by Gasteiger charge is -2.37. The average Bonchev–Trinajstić information content (AvgIpc) is 2.88. The molecular weight excluding hydrogens is 224 g/mol. The fourth-order valence-electron chi connectivity index (χ4n) is 3.38. The molecule has 3 unspecified atom stereocenters. The predicted molar refractivity (Wildman–Crippen MR) is 73.1 cm³/mol. The van der Waals surface area contributed by atoms with Crippen molar-refractivity contribution >= 4 is 5.97 Å². The second kappa shape index (κ2) is 4.86. The maximum Gasteiger partial charge on any atom is 0.312 e. The van der Waals surface area contributed by atoms with Crippen LogP contribution in [0.25, 0.3) is 0 Å². The van der Waals surface area contributed by atoms with Crippen molar-refractivity contribution in [3.05, 3.63) is 0 Å². The van der Waals surface area contributed by atoms with Gasteiger partial charge in [-0.25, -0.2) is 0 Å². The molecule has 0 aliphatic heterocycles. The van der Waals surface area contributed by atoms with E-state index in [9.17, 15) is 4.79 Å². The number of carbonyl (C=O) groups excluding carboxylic acids is 1. The lowest BCUT2D eigenvalue weighted by molar-refractivity contribution is -0.162. The van der Waals surface area contributed by atoms with Crippen LogP contribution in [0.3, 0.4) is 0 Å². The highest BCUT2D eigenvalue weighted by Crippen LogP contribution is 2.53. The highest BCUT2D eigenvalue weighted by atomic mass is 16.5. The van der Waals surface area contributed by atoms with E-state index in [0.717, 1.165) is 12.8 Å². The van der Waals surface area contributed by atoms with Crippen LogP contribution in [0.4, 0.5) is 0 Å². The van der Waals surface area contributed by atoms with E-state index < -0.39 is 0 Å². The van der Waals surface area contributed by atoms with Crippen LogP contribution in [-0.4, -0.2) is 12.1 Å². The van der Waals surface area contributed by atoms with Gasteiger partial charge in [0.05, 0.1) is 5.41 Å². The van der Waals surface area contributed by atoms with Crippen LogP contribution < -0.4 is 0 Å². The van der Waals surface area contributed by atoms with E-state index in [4.69, 9.17) is 4.74 Å². The van der Waals surface area contributed by atoms with Crippen LogP contribution >= 0.6 is 0 Å². The first-order valence-electron chi connectivity index (χ1n) is 7.55. The Hall–Kier alpha value is -0.530. The molecule has 0 aromatic carbocycles. The standard InChI is InChI=1S/C16H28O2/c1-10(2)13-7-6-11(3)8-14(13)18-15(17)16(5)9-12(16)4/h10-14H,6-9H2,1-5H3/t11?,12-,13?,14?,16-/m1/s1. The van der Waals surface area contributed by atoms with E-state index in [0.29, 0.717) is 23.7 Å². The molecule has 0 aromatic rings. The second-order valence-corrected chi connectivity index (χ2v) is 7.29. The Balaban J connectivity index is 1.98. The van der Waals surface area contributed by atoms with E-state index in [1.165, 1.54) is 12.8 Å². The largest absolute Gasteiger partial charge is 0.462 e. The van der Waals surface area contributed by atoms with Gasteiger partial charge in [-0.15, -0.1) is 0 Å². The second-order valence-electron chi connectivity index (χ2n) is 7.29. The van der Waals surface area contributed by atoms with Crippen molar-refractivity contribution in [2.75, 3.05) is 0 Å². The van der Waals surface area contributed by atoms with Gasteiger partial charge in [0.2, 0.25) is 0 Å². The minimum Gasteiger partial charge on any atom is -0.462 e. The summed E-state index contributed by atoms with van der Waals surface area (Å²) in [6.07, 6.45) is 4.71. The molecule has 104 valence electrons. The van der Waals surface area contributed by atoms with Gasteiger partial charge in [-0.1, -0.05) is 34.1 Å². The quantitative estimate of drug-likeness (QED) is 0.709. The van der Waals surface area contributed by atoms with Crippen LogP contribution in [0.5, 0.6) is 0 Å². The summed E-state index contributed by atoms with van der Waals surface area (Å²) >= 11 is 0. The van der Waals surface area contributed by atoms with E-state index in [1.807, 2.05) is 0 Å². The minimum atomic E-state index is -0.178. The molecule has 0 heterocycles. The molecule has 0 spiro atoms. The first-order valence-corrected chi connectivity index (χ1v) is 7.55. The summed E-state index contributed by atoms with van der Waals surface area (Å²) in [7, 11) is 0. The van der Waals surface area contributed by atoms with Crippen molar-refractivity contribution in [1.29, 1.82) is 0 Å². The highest BCUT2D eigenvalue weighted by molar-refractivity contribution is 5.80. The van der Waals surface area contributed by atoms with Crippen LogP contribution in [0, 0.1) is 29.1 Å². The topological polar surface area (TPSA) is 26.3 Å². The summed E-state index contributed by atoms with van der Waals surface area (Å²) in [6.45, 7) is 11.0. The summed E-state index contributed by atoms with van der Waals surface area (Å²) < 4.78 is 5.89. The van der Waals surface area contributed by atoms with Gasteiger partial charge in [0, 0.05) is 0 Å². The summed E-state index contributed by atoms with van der Waals surface area (Å²) in [6, 6.07) is 0. The van der Waals surface area contributed by atoms with Gasteiger partial charge >= 0.3 is 5.97 Å². The molecule has 2 aliphatic carbocycles. The SMILES string of the molecule is CC1CCC(C(C)C)C(OC(=O)[C@]2(C)C[C@H]2C)C1. The molecule has 2 aliphatic rings. The molecule has 0 N–H and O–H groups in total. The highest BCUT2D eigenvalue weighted by Gasteiger charge is 2.55. The van der Waals surface area contributed by atoms with Gasteiger partial charge in [0.1, 0.15) is 6.10 Å². The molecule has 2 heteroatoms. The first-order chi connectivity index (χ1) is 8.34. The van der Waals surface area contributed by atoms with E-state index in [1.54, 1.807) is 0 Å². The van der Waals surface area contributed by atoms with Crippen LogP contribution in [0.2, 0.25) is 0 Å². The van der Waals surface area contributed by atoms with Gasteiger partial charge in [-0.05, 0) is 49.9 Å². The zero-order valence-corrected chi connectivity index (χ0v) is 12.5. The summed E-state index contributed by atoms with van der Waals surface area (Å²) in [5, 5.41) is 0. The molecular formula is C16H28O2. The monoisotopic (exact) mass is 252 g/mol. The fourth-order valence-corrected chi connectivity index (χ4v) is 3.38. The Bertz CT molecular complexity index is 323. The number of hydrogen-bond donors (Lipinski definition) is 0. The number of rotatable bonds is 3. The maximum atomic E-state index is 12.3.